The van der Waals surface area contributed by atoms with Gasteiger partial charge in [0, 0.05) is 15.4 Å². The maximum atomic E-state index is 13.7. The molecule has 0 heterocycles. The lowest BCUT2D eigenvalue weighted by Gasteiger charge is -2.14. The highest BCUT2D eigenvalue weighted by Crippen LogP contribution is 2.35. The van der Waals surface area contributed by atoms with E-state index >= 15 is 0 Å². The molecule has 112 valence electrons. The monoisotopic (exact) mass is 418 g/mol. The van der Waals surface area contributed by atoms with E-state index in [2.05, 4.69) is 31.9 Å². The van der Waals surface area contributed by atoms with Crippen LogP contribution in [-0.2, 0) is 6.42 Å². The number of benzene rings is 2. The normalized spacial score (nSPS) is 12.2. The average Bonchev–Trinajstić information content (AvgIpc) is 2.42. The summed E-state index contributed by atoms with van der Waals surface area (Å²) in [6.45, 7) is 2.52. The largest absolute Gasteiger partial charge is 0.494 e. The second-order valence-electron chi connectivity index (χ2n) is 4.52. The molecule has 1 atom stereocenters. The Morgan fingerprint density at radius 2 is 1.90 bits per heavy atom. The fourth-order valence-corrected chi connectivity index (χ4v) is 3.70. The second kappa shape index (κ2) is 7.36. The molecule has 1 unspecified atom stereocenters. The van der Waals surface area contributed by atoms with Crippen LogP contribution in [0.15, 0.2) is 40.9 Å². The van der Waals surface area contributed by atoms with Gasteiger partial charge >= 0.3 is 0 Å². The van der Waals surface area contributed by atoms with Crippen molar-refractivity contribution < 1.29 is 13.5 Å². The molecule has 0 bridgehead atoms. The lowest BCUT2D eigenvalue weighted by Crippen LogP contribution is -2.00. The fraction of sp³-hybridized carbons (Fsp3) is 0.250. The molecule has 0 fully saturated rings. The van der Waals surface area contributed by atoms with Crippen molar-refractivity contribution in [1.82, 2.24) is 0 Å². The van der Waals surface area contributed by atoms with E-state index in [4.69, 9.17) is 4.74 Å². The molecule has 2 rings (SSSR count). The van der Waals surface area contributed by atoms with E-state index < -0.39 is 11.6 Å². The van der Waals surface area contributed by atoms with E-state index in [1.165, 1.54) is 12.1 Å². The van der Waals surface area contributed by atoms with Crippen molar-refractivity contribution in [3.63, 3.8) is 0 Å². The lowest BCUT2D eigenvalue weighted by atomic mass is 10.0. The molecule has 5 heteroatoms. The molecule has 0 aliphatic carbocycles. The van der Waals surface area contributed by atoms with Gasteiger partial charge in [0.1, 0.15) is 17.4 Å². The highest BCUT2D eigenvalue weighted by Gasteiger charge is 2.15. The third kappa shape index (κ3) is 4.27. The van der Waals surface area contributed by atoms with Crippen molar-refractivity contribution in [3.8, 4) is 5.75 Å². The Kier molecular flexibility index (Phi) is 5.76. The summed E-state index contributed by atoms with van der Waals surface area (Å²) in [7, 11) is 0. The SMILES string of the molecule is CCOc1ccc(C(Br)Cc2ccc(F)cc2F)c(Br)c1. The molecule has 0 spiro atoms. The van der Waals surface area contributed by atoms with Crippen LogP contribution in [0.4, 0.5) is 8.78 Å². The van der Waals surface area contributed by atoms with Crippen molar-refractivity contribution in [2.45, 2.75) is 18.2 Å². The van der Waals surface area contributed by atoms with E-state index in [0.29, 0.717) is 18.6 Å². The maximum Gasteiger partial charge on any atom is 0.129 e. The molecular formula is C16H14Br2F2O. The van der Waals surface area contributed by atoms with Crippen LogP contribution in [0.2, 0.25) is 0 Å². The first kappa shape index (κ1) is 16.4. The fourth-order valence-electron chi connectivity index (χ4n) is 2.01. The molecule has 0 aromatic heterocycles. The number of hydrogen-bond donors (Lipinski definition) is 0. The predicted molar refractivity (Wildman–Crippen MR) is 87.0 cm³/mol. The van der Waals surface area contributed by atoms with Gasteiger partial charge in [-0.2, -0.15) is 0 Å². The van der Waals surface area contributed by atoms with E-state index in [0.717, 1.165) is 21.9 Å². The summed E-state index contributed by atoms with van der Waals surface area (Å²) < 4.78 is 32.9. The van der Waals surface area contributed by atoms with Gasteiger partial charge in [0.25, 0.3) is 0 Å². The zero-order valence-corrected chi connectivity index (χ0v) is 14.5. The molecular weight excluding hydrogens is 406 g/mol. The summed E-state index contributed by atoms with van der Waals surface area (Å²) in [6, 6.07) is 9.33. The Morgan fingerprint density at radius 1 is 1.14 bits per heavy atom. The summed E-state index contributed by atoms with van der Waals surface area (Å²) in [5, 5.41) is 0. The molecule has 2 aromatic carbocycles. The molecule has 1 nitrogen and oxygen atoms in total. The summed E-state index contributed by atoms with van der Waals surface area (Å²) >= 11 is 7.06. The van der Waals surface area contributed by atoms with Crippen LogP contribution in [0.25, 0.3) is 0 Å². The van der Waals surface area contributed by atoms with Crippen molar-refractivity contribution >= 4 is 31.9 Å². The van der Waals surface area contributed by atoms with E-state index in [9.17, 15) is 8.78 Å². The molecule has 0 amide bonds. The summed E-state index contributed by atoms with van der Waals surface area (Å²) in [5.41, 5.74) is 1.46. The quantitative estimate of drug-likeness (QED) is 0.556. The van der Waals surface area contributed by atoms with Crippen LogP contribution in [0.3, 0.4) is 0 Å². The minimum absolute atomic E-state index is 0.0810. The highest BCUT2D eigenvalue weighted by atomic mass is 79.9. The molecule has 0 saturated heterocycles. The summed E-state index contributed by atoms with van der Waals surface area (Å²) in [5.74, 6) is -0.313. The number of hydrogen-bond acceptors (Lipinski definition) is 1. The van der Waals surface area contributed by atoms with Gasteiger partial charge in [0.05, 0.1) is 6.61 Å². The first-order valence-electron chi connectivity index (χ1n) is 6.51. The molecule has 21 heavy (non-hydrogen) atoms. The number of alkyl halides is 1. The highest BCUT2D eigenvalue weighted by molar-refractivity contribution is 9.11. The summed E-state index contributed by atoms with van der Waals surface area (Å²) in [6.07, 6.45) is 0.429. The van der Waals surface area contributed by atoms with E-state index in [1.54, 1.807) is 0 Å². The Hall–Kier alpha value is -0.940. The molecule has 0 saturated carbocycles. The molecule has 0 N–H and O–H groups in total. The van der Waals surface area contributed by atoms with E-state index in [-0.39, 0.29) is 4.83 Å². The first-order chi connectivity index (χ1) is 10.0. The third-order valence-corrected chi connectivity index (χ3v) is 4.54. The maximum absolute atomic E-state index is 13.7. The van der Waals surface area contributed by atoms with E-state index in [1.807, 2.05) is 25.1 Å². The Balaban J connectivity index is 2.18. The first-order valence-corrected chi connectivity index (χ1v) is 8.22. The van der Waals surface area contributed by atoms with Gasteiger partial charge in [-0.15, -0.1) is 0 Å². The Morgan fingerprint density at radius 3 is 2.52 bits per heavy atom. The lowest BCUT2D eigenvalue weighted by molar-refractivity contribution is 0.340. The number of ether oxygens (including phenoxy) is 1. The zero-order valence-electron chi connectivity index (χ0n) is 11.4. The molecule has 0 aliphatic rings. The second-order valence-corrected chi connectivity index (χ2v) is 6.48. The van der Waals surface area contributed by atoms with Crippen LogP contribution >= 0.6 is 31.9 Å². The molecule has 0 radical (unpaired) electrons. The number of rotatable bonds is 5. The van der Waals surface area contributed by atoms with Crippen molar-refractivity contribution in [2.24, 2.45) is 0 Å². The van der Waals surface area contributed by atoms with Gasteiger partial charge in [-0.3, -0.25) is 0 Å². The summed E-state index contributed by atoms with van der Waals surface area (Å²) in [4.78, 5) is -0.0810. The van der Waals surface area contributed by atoms with Crippen LogP contribution in [0.1, 0.15) is 22.9 Å². The minimum Gasteiger partial charge on any atom is -0.494 e. The van der Waals surface area contributed by atoms with Crippen molar-refractivity contribution in [2.75, 3.05) is 6.61 Å². The zero-order chi connectivity index (χ0) is 15.4. The van der Waals surface area contributed by atoms with Crippen LogP contribution in [0, 0.1) is 11.6 Å². The minimum atomic E-state index is -0.565. The molecule has 2 aromatic rings. The topological polar surface area (TPSA) is 9.23 Å². The van der Waals surface area contributed by atoms with Crippen LogP contribution in [-0.4, -0.2) is 6.61 Å². The number of halogens is 4. The third-order valence-electron chi connectivity index (χ3n) is 3.03. The van der Waals surface area contributed by atoms with Gasteiger partial charge in [0.15, 0.2) is 0 Å². The van der Waals surface area contributed by atoms with Gasteiger partial charge in [0.2, 0.25) is 0 Å². The van der Waals surface area contributed by atoms with Gasteiger partial charge in [-0.1, -0.05) is 44.0 Å². The predicted octanol–water partition coefficient (Wildman–Crippen LogP) is 5.80. The average molecular weight is 420 g/mol. The van der Waals surface area contributed by atoms with Crippen LogP contribution < -0.4 is 4.74 Å². The van der Waals surface area contributed by atoms with Crippen molar-refractivity contribution in [3.05, 3.63) is 63.6 Å². The smallest absolute Gasteiger partial charge is 0.129 e. The Labute approximate surface area is 139 Å². The Bertz CT molecular complexity index is 632. The van der Waals surface area contributed by atoms with Gasteiger partial charge in [-0.25, -0.2) is 8.78 Å². The standard InChI is InChI=1S/C16H14Br2F2O/c1-2-21-12-5-6-13(15(18)9-12)14(17)7-10-3-4-11(19)8-16(10)20/h3-6,8-9,14H,2,7H2,1H3. The van der Waals surface area contributed by atoms with Crippen molar-refractivity contribution in [1.29, 1.82) is 0 Å². The van der Waals surface area contributed by atoms with Crippen LogP contribution in [0.5, 0.6) is 5.75 Å². The molecule has 0 aliphatic heterocycles. The van der Waals surface area contributed by atoms with Gasteiger partial charge in [-0.05, 0) is 42.7 Å². The van der Waals surface area contributed by atoms with Gasteiger partial charge < -0.3 is 4.74 Å².